The molecule has 0 bridgehead atoms. The number of nitrogens with zero attached hydrogens (tertiary/aromatic N) is 3. The Morgan fingerprint density at radius 1 is 1.33 bits per heavy atom. The fourth-order valence-electron chi connectivity index (χ4n) is 2.83. The molecule has 1 aliphatic heterocycles. The van der Waals surface area contributed by atoms with Gasteiger partial charge in [-0.15, -0.1) is 0 Å². The van der Waals surface area contributed by atoms with E-state index in [1.807, 2.05) is 16.9 Å². The van der Waals surface area contributed by atoms with Crippen LogP contribution in [0.5, 0.6) is 0 Å². The fourth-order valence-corrected chi connectivity index (χ4v) is 2.83. The van der Waals surface area contributed by atoms with E-state index < -0.39 is 0 Å². The molecule has 1 aromatic heterocycles. The van der Waals surface area contributed by atoms with Crippen LogP contribution >= 0.6 is 0 Å². The molecule has 0 unspecified atom stereocenters. The summed E-state index contributed by atoms with van der Waals surface area (Å²) in [5, 5.41) is 10.6. The number of ether oxygens (including phenoxy) is 1. The highest BCUT2D eigenvalue weighted by molar-refractivity contribution is 5.78. The normalized spacial score (nSPS) is 19.0. The van der Waals surface area contributed by atoms with E-state index in [0.717, 1.165) is 26.3 Å². The standard InChI is InChI=1S/C17H31N5O2/c1-14(15(2)22-7-5-6-20-22)18-12-16(23)19-13-17(3,4)21-8-10-24-11-9-21/h5-7,14-15,18H,8-13H2,1-4H3,(H,19,23)/t14-,15+/m0/s1. The van der Waals surface area contributed by atoms with Gasteiger partial charge in [0.15, 0.2) is 0 Å². The first kappa shape index (κ1) is 18.9. The Kier molecular flexibility index (Phi) is 6.77. The lowest BCUT2D eigenvalue weighted by molar-refractivity contribution is -0.121. The van der Waals surface area contributed by atoms with Gasteiger partial charge in [0.25, 0.3) is 0 Å². The molecule has 0 radical (unpaired) electrons. The lowest BCUT2D eigenvalue weighted by Gasteiger charge is -2.40. The van der Waals surface area contributed by atoms with E-state index in [4.69, 9.17) is 4.74 Å². The molecular weight excluding hydrogens is 306 g/mol. The van der Waals surface area contributed by atoms with Gasteiger partial charge in [0.05, 0.1) is 25.8 Å². The number of amides is 1. The number of hydrogen-bond acceptors (Lipinski definition) is 5. The van der Waals surface area contributed by atoms with Gasteiger partial charge in [0.1, 0.15) is 0 Å². The lowest BCUT2D eigenvalue weighted by Crippen LogP contribution is -2.56. The molecule has 1 saturated heterocycles. The van der Waals surface area contributed by atoms with Crippen LogP contribution < -0.4 is 10.6 Å². The monoisotopic (exact) mass is 337 g/mol. The molecule has 0 aromatic carbocycles. The quantitative estimate of drug-likeness (QED) is 0.729. The third kappa shape index (κ3) is 5.29. The number of morpholine rings is 1. The van der Waals surface area contributed by atoms with E-state index in [1.54, 1.807) is 6.20 Å². The van der Waals surface area contributed by atoms with E-state index in [9.17, 15) is 4.79 Å². The highest BCUT2D eigenvalue weighted by Crippen LogP contribution is 2.15. The van der Waals surface area contributed by atoms with Crippen LogP contribution in [0.25, 0.3) is 0 Å². The predicted octanol–water partition coefficient (Wildman–Crippen LogP) is 0.649. The topological polar surface area (TPSA) is 71.4 Å². The summed E-state index contributed by atoms with van der Waals surface area (Å²) in [5.74, 6) is 0.0239. The molecule has 2 heterocycles. The number of aromatic nitrogens is 2. The predicted molar refractivity (Wildman–Crippen MR) is 93.9 cm³/mol. The maximum Gasteiger partial charge on any atom is 0.234 e. The van der Waals surface area contributed by atoms with Crippen LogP contribution in [0.3, 0.4) is 0 Å². The molecule has 1 fully saturated rings. The fraction of sp³-hybridized carbons (Fsp3) is 0.765. The summed E-state index contributed by atoms with van der Waals surface area (Å²) in [7, 11) is 0. The molecule has 24 heavy (non-hydrogen) atoms. The second-order valence-corrected chi connectivity index (χ2v) is 7.08. The number of carbonyl (C=O) groups excluding carboxylic acids is 1. The molecule has 0 spiro atoms. The maximum atomic E-state index is 12.1. The number of nitrogens with one attached hydrogen (secondary N) is 2. The van der Waals surface area contributed by atoms with Crippen LogP contribution in [0, 0.1) is 0 Å². The van der Waals surface area contributed by atoms with Gasteiger partial charge in [-0.05, 0) is 33.8 Å². The van der Waals surface area contributed by atoms with Gasteiger partial charge in [-0.25, -0.2) is 0 Å². The Bertz CT molecular complexity index is 497. The zero-order chi connectivity index (χ0) is 17.6. The van der Waals surface area contributed by atoms with Gasteiger partial charge in [-0.1, -0.05) is 0 Å². The molecule has 1 aromatic rings. The molecule has 7 heteroatoms. The minimum absolute atomic E-state index is 0.0239. The Hall–Kier alpha value is -1.44. The SMILES string of the molecule is C[C@H](NCC(=O)NCC(C)(C)N1CCOCC1)[C@@H](C)n1cccn1. The molecule has 1 amide bonds. The first-order valence-corrected chi connectivity index (χ1v) is 8.72. The Morgan fingerprint density at radius 3 is 2.67 bits per heavy atom. The summed E-state index contributed by atoms with van der Waals surface area (Å²) in [6, 6.07) is 2.25. The largest absolute Gasteiger partial charge is 0.379 e. The van der Waals surface area contributed by atoms with Gasteiger partial charge < -0.3 is 15.4 Å². The van der Waals surface area contributed by atoms with Crippen molar-refractivity contribution >= 4 is 5.91 Å². The van der Waals surface area contributed by atoms with Crippen molar-refractivity contribution in [1.82, 2.24) is 25.3 Å². The van der Waals surface area contributed by atoms with Gasteiger partial charge in [0, 0.05) is 43.6 Å². The van der Waals surface area contributed by atoms with E-state index in [2.05, 4.69) is 48.3 Å². The summed E-state index contributed by atoms with van der Waals surface area (Å²) in [6.07, 6.45) is 3.71. The van der Waals surface area contributed by atoms with E-state index in [0.29, 0.717) is 13.1 Å². The van der Waals surface area contributed by atoms with Crippen LogP contribution in [0.1, 0.15) is 33.7 Å². The van der Waals surface area contributed by atoms with Crippen molar-refractivity contribution in [2.75, 3.05) is 39.4 Å². The van der Waals surface area contributed by atoms with Crippen molar-refractivity contribution in [3.63, 3.8) is 0 Å². The molecule has 0 saturated carbocycles. The summed E-state index contributed by atoms with van der Waals surface area (Å²) < 4.78 is 7.29. The van der Waals surface area contributed by atoms with Crippen LogP contribution in [-0.4, -0.2) is 71.6 Å². The second kappa shape index (κ2) is 8.60. The molecule has 136 valence electrons. The summed E-state index contributed by atoms with van der Waals surface area (Å²) in [4.78, 5) is 14.5. The van der Waals surface area contributed by atoms with Crippen molar-refractivity contribution in [2.24, 2.45) is 0 Å². The van der Waals surface area contributed by atoms with Crippen molar-refractivity contribution < 1.29 is 9.53 Å². The summed E-state index contributed by atoms with van der Waals surface area (Å²) in [5.41, 5.74) is -0.0621. The average molecular weight is 337 g/mol. The molecule has 1 aliphatic rings. The zero-order valence-electron chi connectivity index (χ0n) is 15.3. The van der Waals surface area contributed by atoms with Gasteiger partial charge >= 0.3 is 0 Å². The minimum Gasteiger partial charge on any atom is -0.379 e. The summed E-state index contributed by atoms with van der Waals surface area (Å²) >= 11 is 0. The molecule has 2 atom stereocenters. The highest BCUT2D eigenvalue weighted by Gasteiger charge is 2.28. The van der Waals surface area contributed by atoms with Crippen molar-refractivity contribution in [3.05, 3.63) is 18.5 Å². The van der Waals surface area contributed by atoms with Gasteiger partial charge in [0.2, 0.25) is 5.91 Å². The lowest BCUT2D eigenvalue weighted by atomic mass is 10.0. The number of carbonyl (C=O) groups is 1. The van der Waals surface area contributed by atoms with Crippen molar-refractivity contribution in [1.29, 1.82) is 0 Å². The molecule has 2 N–H and O–H groups in total. The van der Waals surface area contributed by atoms with Crippen LogP contribution in [-0.2, 0) is 9.53 Å². The first-order chi connectivity index (χ1) is 11.4. The van der Waals surface area contributed by atoms with Crippen LogP contribution in [0.2, 0.25) is 0 Å². The highest BCUT2D eigenvalue weighted by atomic mass is 16.5. The van der Waals surface area contributed by atoms with E-state index in [1.165, 1.54) is 0 Å². The second-order valence-electron chi connectivity index (χ2n) is 7.08. The number of rotatable bonds is 8. The van der Waals surface area contributed by atoms with Crippen molar-refractivity contribution in [3.8, 4) is 0 Å². The smallest absolute Gasteiger partial charge is 0.234 e. The third-order valence-electron chi connectivity index (χ3n) is 4.84. The van der Waals surface area contributed by atoms with Crippen LogP contribution in [0.15, 0.2) is 18.5 Å². The average Bonchev–Trinajstić information content (AvgIpc) is 3.12. The van der Waals surface area contributed by atoms with Crippen molar-refractivity contribution in [2.45, 2.75) is 45.3 Å². The Balaban J connectivity index is 1.70. The first-order valence-electron chi connectivity index (χ1n) is 8.72. The Morgan fingerprint density at radius 2 is 2.04 bits per heavy atom. The molecule has 7 nitrogen and oxygen atoms in total. The van der Waals surface area contributed by atoms with E-state index >= 15 is 0 Å². The Labute approximate surface area is 144 Å². The molecular formula is C17H31N5O2. The maximum absolute atomic E-state index is 12.1. The zero-order valence-corrected chi connectivity index (χ0v) is 15.3. The molecule has 0 aliphatic carbocycles. The molecule has 2 rings (SSSR count). The van der Waals surface area contributed by atoms with Crippen LogP contribution in [0.4, 0.5) is 0 Å². The van der Waals surface area contributed by atoms with E-state index in [-0.39, 0.29) is 23.5 Å². The van der Waals surface area contributed by atoms with Gasteiger partial charge in [-0.3, -0.25) is 14.4 Å². The summed E-state index contributed by atoms with van der Waals surface area (Å²) in [6.45, 7) is 12.8. The minimum atomic E-state index is -0.0621. The number of hydrogen-bond donors (Lipinski definition) is 2. The van der Waals surface area contributed by atoms with Gasteiger partial charge in [-0.2, -0.15) is 5.10 Å². The third-order valence-corrected chi connectivity index (χ3v) is 4.84.